The molecule has 0 atom stereocenters. The van der Waals surface area contributed by atoms with Gasteiger partial charge in [0.25, 0.3) is 0 Å². The van der Waals surface area contributed by atoms with E-state index in [2.05, 4.69) is 0 Å². The van der Waals surface area contributed by atoms with Crippen LogP contribution < -0.4 is 5.73 Å². The van der Waals surface area contributed by atoms with Gasteiger partial charge in [0, 0.05) is 5.75 Å². The molecule has 0 aromatic carbocycles. The quantitative estimate of drug-likeness (QED) is 0.294. The van der Waals surface area contributed by atoms with E-state index in [4.69, 9.17) is 21.0 Å². The van der Waals surface area contributed by atoms with Gasteiger partial charge in [-0.2, -0.15) is 0 Å². The van der Waals surface area contributed by atoms with Crippen molar-refractivity contribution in [3.8, 4) is 0 Å². The van der Waals surface area contributed by atoms with E-state index in [0.29, 0.717) is 19.0 Å². The summed E-state index contributed by atoms with van der Waals surface area (Å²) in [6.45, 7) is 0.939. The molecule has 4 nitrogen and oxygen atoms in total. The predicted molar refractivity (Wildman–Crippen MR) is 42.3 cm³/mol. The molecule has 0 aromatic heterocycles. The number of hydrogen-bond acceptors (Lipinski definition) is 4. The minimum Gasteiger partial charge on any atom is -0.394 e. The first-order valence-electron chi connectivity index (χ1n) is 2.93. The van der Waals surface area contributed by atoms with Gasteiger partial charge in [-0.05, 0) is 0 Å². The first-order chi connectivity index (χ1) is 4.77. The van der Waals surface area contributed by atoms with Crippen LogP contribution in [0.2, 0.25) is 0 Å². The molecule has 0 radical (unpaired) electrons. The molecule has 0 fully saturated rings. The van der Waals surface area contributed by atoms with Crippen LogP contribution in [-0.2, 0) is 4.74 Å². The summed E-state index contributed by atoms with van der Waals surface area (Å²) in [7, 11) is 0. The van der Waals surface area contributed by atoms with E-state index >= 15 is 0 Å². The van der Waals surface area contributed by atoms with Gasteiger partial charge in [-0.3, -0.25) is 5.41 Å². The summed E-state index contributed by atoms with van der Waals surface area (Å²) in [6.07, 6.45) is 0. The van der Waals surface area contributed by atoms with Crippen LogP contribution in [0.3, 0.4) is 0 Å². The van der Waals surface area contributed by atoms with E-state index in [1.807, 2.05) is 0 Å². The molecule has 0 aliphatic rings. The molecule has 0 amide bonds. The maximum absolute atomic E-state index is 8.28. The summed E-state index contributed by atoms with van der Waals surface area (Å²) in [5.74, 6) is 0.676. The molecular weight excluding hydrogens is 152 g/mol. The van der Waals surface area contributed by atoms with Crippen molar-refractivity contribution in [2.75, 3.05) is 25.6 Å². The van der Waals surface area contributed by atoms with E-state index in [1.165, 1.54) is 11.8 Å². The zero-order valence-electron chi connectivity index (χ0n) is 5.67. The molecule has 0 saturated carbocycles. The molecule has 0 aliphatic heterocycles. The van der Waals surface area contributed by atoms with Crippen molar-refractivity contribution in [2.45, 2.75) is 0 Å². The predicted octanol–water partition coefficient (Wildman–Crippen LogP) is -0.378. The Hall–Kier alpha value is -0.260. The maximum atomic E-state index is 8.28. The number of hydrogen-bond donors (Lipinski definition) is 3. The second-order valence-electron chi connectivity index (χ2n) is 1.55. The van der Waals surface area contributed by atoms with Crippen molar-refractivity contribution in [3.05, 3.63) is 0 Å². The molecule has 4 N–H and O–H groups in total. The van der Waals surface area contributed by atoms with Crippen LogP contribution in [-0.4, -0.2) is 35.8 Å². The number of aliphatic hydroxyl groups is 1. The van der Waals surface area contributed by atoms with Gasteiger partial charge in [-0.25, -0.2) is 0 Å². The van der Waals surface area contributed by atoms with Gasteiger partial charge in [-0.15, -0.1) is 0 Å². The van der Waals surface area contributed by atoms with Gasteiger partial charge in [0.1, 0.15) is 0 Å². The van der Waals surface area contributed by atoms with Crippen LogP contribution in [0, 0.1) is 5.41 Å². The summed E-state index contributed by atoms with van der Waals surface area (Å²) in [4.78, 5) is 0. The lowest BCUT2D eigenvalue weighted by Gasteiger charge is -1.99. The molecule has 0 aliphatic carbocycles. The fraction of sp³-hybridized carbons (Fsp3) is 0.800. The molecule has 0 heterocycles. The van der Waals surface area contributed by atoms with Gasteiger partial charge in [0.15, 0.2) is 5.17 Å². The Bertz CT molecular complexity index is 99.6. The monoisotopic (exact) mass is 164 g/mol. The molecule has 10 heavy (non-hydrogen) atoms. The second-order valence-corrected chi connectivity index (χ2v) is 2.69. The molecule has 0 spiro atoms. The van der Waals surface area contributed by atoms with Crippen molar-refractivity contribution in [2.24, 2.45) is 5.73 Å². The fourth-order valence-electron chi connectivity index (χ4n) is 0.377. The highest BCUT2D eigenvalue weighted by molar-refractivity contribution is 8.13. The Morgan fingerprint density at radius 2 is 2.30 bits per heavy atom. The molecule has 5 heteroatoms. The Kier molecular flexibility index (Phi) is 6.68. The molecule has 0 rings (SSSR count). The number of aliphatic hydroxyl groups excluding tert-OH is 1. The van der Waals surface area contributed by atoms with Gasteiger partial charge in [0.2, 0.25) is 0 Å². The number of ether oxygens (including phenoxy) is 1. The summed E-state index contributed by atoms with van der Waals surface area (Å²) in [5.41, 5.74) is 5.05. The van der Waals surface area contributed by atoms with Crippen molar-refractivity contribution < 1.29 is 9.84 Å². The van der Waals surface area contributed by atoms with Crippen molar-refractivity contribution in [1.82, 2.24) is 0 Å². The van der Waals surface area contributed by atoms with Gasteiger partial charge in [0.05, 0.1) is 19.8 Å². The third kappa shape index (κ3) is 7.74. The zero-order valence-corrected chi connectivity index (χ0v) is 6.49. The van der Waals surface area contributed by atoms with Gasteiger partial charge in [-0.1, -0.05) is 11.8 Å². The van der Waals surface area contributed by atoms with E-state index in [-0.39, 0.29) is 11.8 Å². The van der Waals surface area contributed by atoms with Crippen molar-refractivity contribution >= 4 is 16.9 Å². The molecule has 0 unspecified atom stereocenters. The van der Waals surface area contributed by atoms with Gasteiger partial charge >= 0.3 is 0 Å². The van der Waals surface area contributed by atoms with Crippen LogP contribution in [0.4, 0.5) is 0 Å². The Morgan fingerprint density at radius 3 is 2.80 bits per heavy atom. The largest absolute Gasteiger partial charge is 0.394 e. The summed E-state index contributed by atoms with van der Waals surface area (Å²) < 4.78 is 4.91. The lowest BCUT2D eigenvalue weighted by molar-refractivity contribution is 0.103. The van der Waals surface area contributed by atoms with E-state index < -0.39 is 0 Å². The van der Waals surface area contributed by atoms with Crippen molar-refractivity contribution in [3.63, 3.8) is 0 Å². The van der Waals surface area contributed by atoms with Gasteiger partial charge < -0.3 is 15.6 Å². The average molecular weight is 164 g/mol. The number of nitrogens with one attached hydrogen (secondary N) is 1. The number of nitrogens with two attached hydrogens (primary N) is 1. The normalized spacial score (nSPS) is 9.70. The highest BCUT2D eigenvalue weighted by Gasteiger charge is 1.90. The molecule has 0 saturated heterocycles. The summed E-state index contributed by atoms with van der Waals surface area (Å²) in [6, 6.07) is 0. The maximum Gasteiger partial charge on any atom is 0.151 e. The Balaban J connectivity index is 2.84. The number of rotatable bonds is 5. The van der Waals surface area contributed by atoms with Crippen LogP contribution in [0.25, 0.3) is 0 Å². The molecule has 60 valence electrons. The fourth-order valence-corrected chi connectivity index (χ4v) is 0.798. The first-order valence-corrected chi connectivity index (χ1v) is 3.91. The average Bonchev–Trinajstić information content (AvgIpc) is 1.87. The van der Waals surface area contributed by atoms with E-state index in [9.17, 15) is 0 Å². The van der Waals surface area contributed by atoms with Crippen LogP contribution >= 0.6 is 11.8 Å². The lowest BCUT2D eigenvalue weighted by atomic mass is 10.7. The number of amidine groups is 1. The van der Waals surface area contributed by atoms with Crippen molar-refractivity contribution in [1.29, 1.82) is 5.41 Å². The SMILES string of the molecule is N=C(N)SCCOCCO. The van der Waals surface area contributed by atoms with Crippen LogP contribution in [0.5, 0.6) is 0 Å². The minimum absolute atomic E-state index is 0.0464. The third-order valence-electron chi connectivity index (χ3n) is 0.721. The third-order valence-corrected chi connectivity index (χ3v) is 1.40. The summed E-state index contributed by atoms with van der Waals surface area (Å²) >= 11 is 1.24. The zero-order chi connectivity index (χ0) is 7.82. The number of thioether (sulfide) groups is 1. The van der Waals surface area contributed by atoms with E-state index in [0.717, 1.165) is 0 Å². The smallest absolute Gasteiger partial charge is 0.151 e. The minimum atomic E-state index is 0.0464. The molecular formula is C5H12N2O2S. The highest BCUT2D eigenvalue weighted by Crippen LogP contribution is 1.95. The second kappa shape index (κ2) is 6.85. The Labute approximate surface area is 64.3 Å². The lowest BCUT2D eigenvalue weighted by Crippen LogP contribution is -2.08. The van der Waals surface area contributed by atoms with Crippen LogP contribution in [0.1, 0.15) is 0 Å². The standard InChI is InChI=1S/C5H12N2O2S/c6-5(7)10-4-3-9-2-1-8/h8H,1-4H2,(H3,6,7). The van der Waals surface area contributed by atoms with Crippen LogP contribution in [0.15, 0.2) is 0 Å². The van der Waals surface area contributed by atoms with E-state index in [1.54, 1.807) is 0 Å². The topological polar surface area (TPSA) is 79.3 Å². The summed E-state index contributed by atoms with van der Waals surface area (Å²) in [5, 5.41) is 15.2. The first kappa shape index (κ1) is 9.74. The molecule has 0 aromatic rings. The Morgan fingerprint density at radius 1 is 1.60 bits per heavy atom. The highest BCUT2D eigenvalue weighted by atomic mass is 32.2. The molecule has 0 bridgehead atoms.